The van der Waals surface area contributed by atoms with Gasteiger partial charge in [0, 0.05) is 17.9 Å². The van der Waals surface area contributed by atoms with Gasteiger partial charge in [-0.3, -0.25) is 4.79 Å². The van der Waals surface area contributed by atoms with Crippen molar-refractivity contribution in [2.24, 2.45) is 0 Å². The highest BCUT2D eigenvalue weighted by atomic mass is 32.1. The molecule has 1 aromatic heterocycles. The number of benzene rings is 1. The summed E-state index contributed by atoms with van der Waals surface area (Å²) in [6, 6.07) is 7.32. The Morgan fingerprint density at radius 2 is 2.20 bits per heavy atom. The summed E-state index contributed by atoms with van der Waals surface area (Å²) in [6.45, 7) is 6.51. The minimum Gasteiger partial charge on any atom is -0.399 e. The van der Waals surface area contributed by atoms with E-state index in [1.54, 1.807) is 17.0 Å². The molecule has 0 fully saturated rings. The molecule has 106 valence electrons. The van der Waals surface area contributed by atoms with Crippen molar-refractivity contribution in [3.05, 3.63) is 34.8 Å². The smallest absolute Gasteiger partial charge is 0.271 e. The van der Waals surface area contributed by atoms with E-state index in [-0.39, 0.29) is 11.8 Å². The third kappa shape index (κ3) is 2.80. The van der Waals surface area contributed by atoms with E-state index >= 15 is 0 Å². The minimum atomic E-state index is -0.0724. The molecule has 0 aliphatic rings. The molecule has 0 saturated carbocycles. The van der Waals surface area contributed by atoms with E-state index in [4.69, 9.17) is 5.73 Å². The van der Waals surface area contributed by atoms with Gasteiger partial charge >= 0.3 is 0 Å². The quantitative estimate of drug-likeness (QED) is 0.879. The molecule has 0 aliphatic carbocycles. The number of carbonyl (C=O) groups is 1. The number of carbonyl (C=O) groups excluding carboxylic acids is 1. The Labute approximate surface area is 122 Å². The van der Waals surface area contributed by atoms with Crippen molar-refractivity contribution in [2.45, 2.75) is 26.7 Å². The van der Waals surface area contributed by atoms with Gasteiger partial charge in [-0.25, -0.2) is 0 Å². The van der Waals surface area contributed by atoms with Crippen molar-refractivity contribution in [3.8, 4) is 0 Å². The minimum absolute atomic E-state index is 0.0724. The fourth-order valence-electron chi connectivity index (χ4n) is 1.98. The van der Waals surface area contributed by atoms with Crippen molar-refractivity contribution < 1.29 is 4.79 Å². The van der Waals surface area contributed by atoms with Crippen LogP contribution < -0.4 is 10.6 Å². The molecule has 0 radical (unpaired) electrons. The molecule has 2 rings (SSSR count). The molecule has 2 aromatic rings. The van der Waals surface area contributed by atoms with E-state index < -0.39 is 0 Å². The number of aromatic nitrogens is 2. The number of hydrogen-bond acceptors (Lipinski definition) is 5. The molecule has 0 saturated heterocycles. The molecule has 2 N–H and O–H groups in total. The summed E-state index contributed by atoms with van der Waals surface area (Å²) in [5, 5.41) is 4.06. The number of nitrogens with two attached hydrogens (primary N) is 1. The summed E-state index contributed by atoms with van der Waals surface area (Å²) < 4.78 is 3.91. The molecule has 20 heavy (non-hydrogen) atoms. The molecule has 6 heteroatoms. The van der Waals surface area contributed by atoms with Crippen molar-refractivity contribution in [1.29, 1.82) is 0 Å². The van der Waals surface area contributed by atoms with Crippen molar-refractivity contribution in [3.63, 3.8) is 0 Å². The van der Waals surface area contributed by atoms with Gasteiger partial charge in [0.1, 0.15) is 4.88 Å². The van der Waals surface area contributed by atoms with E-state index in [9.17, 15) is 4.79 Å². The zero-order chi connectivity index (χ0) is 14.7. The average Bonchev–Trinajstić information content (AvgIpc) is 2.89. The van der Waals surface area contributed by atoms with Crippen LogP contribution in [-0.2, 0) is 0 Å². The van der Waals surface area contributed by atoms with Crippen molar-refractivity contribution in [1.82, 2.24) is 9.59 Å². The monoisotopic (exact) mass is 290 g/mol. The molecule has 5 nitrogen and oxygen atoms in total. The van der Waals surface area contributed by atoms with E-state index in [2.05, 4.69) is 9.59 Å². The van der Waals surface area contributed by atoms with Gasteiger partial charge in [-0.1, -0.05) is 24.4 Å². The van der Waals surface area contributed by atoms with Crippen LogP contribution in [0, 0.1) is 0 Å². The van der Waals surface area contributed by atoms with Crippen LogP contribution >= 0.6 is 11.5 Å². The van der Waals surface area contributed by atoms with Crippen LogP contribution in [0.2, 0.25) is 0 Å². The molecule has 0 unspecified atom stereocenters. The van der Waals surface area contributed by atoms with E-state index in [1.807, 2.05) is 32.9 Å². The number of amides is 1. The van der Waals surface area contributed by atoms with Crippen LogP contribution in [0.15, 0.2) is 24.3 Å². The first-order valence-electron chi connectivity index (χ1n) is 6.54. The second-order valence-corrected chi connectivity index (χ2v) is 5.54. The second-order valence-electron chi connectivity index (χ2n) is 4.79. The van der Waals surface area contributed by atoms with Gasteiger partial charge in [0.2, 0.25) is 0 Å². The van der Waals surface area contributed by atoms with Gasteiger partial charge in [-0.05, 0) is 42.6 Å². The molecule has 0 bridgehead atoms. The summed E-state index contributed by atoms with van der Waals surface area (Å²) >= 11 is 1.14. The second kappa shape index (κ2) is 6.00. The fourth-order valence-corrected chi connectivity index (χ4v) is 2.75. The number of rotatable bonds is 4. The van der Waals surface area contributed by atoms with Gasteiger partial charge in [0.15, 0.2) is 0 Å². The first-order chi connectivity index (χ1) is 9.54. The molecule has 0 atom stereocenters. The lowest BCUT2D eigenvalue weighted by molar-refractivity contribution is 0.0991. The molecule has 0 spiro atoms. The zero-order valence-corrected chi connectivity index (χ0v) is 12.6. The SMILES string of the molecule is CCN(C(=O)c1snnc1C(C)C)c1cccc(N)c1. The predicted molar refractivity (Wildman–Crippen MR) is 82.2 cm³/mol. The number of hydrogen-bond donors (Lipinski definition) is 1. The first-order valence-corrected chi connectivity index (χ1v) is 7.31. The number of nitrogen functional groups attached to an aromatic ring is 1. The standard InChI is InChI=1S/C14H18N4OS/c1-4-18(11-7-5-6-10(15)8-11)14(19)13-12(9(2)3)16-17-20-13/h5-9H,4,15H2,1-3H3. The summed E-state index contributed by atoms with van der Waals surface area (Å²) in [5.41, 5.74) is 7.97. The normalized spacial score (nSPS) is 10.8. The lowest BCUT2D eigenvalue weighted by atomic mass is 10.1. The number of nitrogens with zero attached hydrogens (tertiary/aromatic N) is 3. The topological polar surface area (TPSA) is 72.1 Å². The zero-order valence-electron chi connectivity index (χ0n) is 11.8. The van der Waals surface area contributed by atoms with Crippen LogP contribution in [0.1, 0.15) is 42.1 Å². The van der Waals surface area contributed by atoms with Crippen LogP contribution in [0.3, 0.4) is 0 Å². The summed E-state index contributed by atoms with van der Waals surface area (Å²) in [4.78, 5) is 15.0. The van der Waals surface area contributed by atoms with Gasteiger partial charge in [0.05, 0.1) is 5.69 Å². The fraction of sp³-hybridized carbons (Fsp3) is 0.357. The van der Waals surface area contributed by atoms with Crippen molar-refractivity contribution in [2.75, 3.05) is 17.2 Å². The van der Waals surface area contributed by atoms with Gasteiger partial charge < -0.3 is 10.6 Å². The van der Waals surface area contributed by atoms with E-state index in [0.29, 0.717) is 17.1 Å². The van der Waals surface area contributed by atoms with Crippen molar-refractivity contribution >= 4 is 28.8 Å². The molecular formula is C14H18N4OS. The Hall–Kier alpha value is -1.95. The third-order valence-corrected chi connectivity index (χ3v) is 3.73. The molecule has 1 amide bonds. The van der Waals surface area contributed by atoms with Crippen LogP contribution in [0.5, 0.6) is 0 Å². The Kier molecular flexibility index (Phi) is 4.34. The lowest BCUT2D eigenvalue weighted by Gasteiger charge is -2.21. The highest BCUT2D eigenvalue weighted by molar-refractivity contribution is 7.08. The maximum atomic E-state index is 12.7. The van der Waals surface area contributed by atoms with Gasteiger partial charge in [-0.2, -0.15) is 0 Å². The highest BCUT2D eigenvalue weighted by Gasteiger charge is 2.24. The van der Waals surface area contributed by atoms with Crippen LogP contribution in [0.4, 0.5) is 11.4 Å². The lowest BCUT2D eigenvalue weighted by Crippen LogP contribution is -2.30. The summed E-state index contributed by atoms with van der Waals surface area (Å²) in [6.07, 6.45) is 0. The Morgan fingerprint density at radius 1 is 1.45 bits per heavy atom. The highest BCUT2D eigenvalue weighted by Crippen LogP contribution is 2.25. The maximum Gasteiger partial charge on any atom is 0.271 e. The summed E-state index contributed by atoms with van der Waals surface area (Å²) in [5.74, 6) is 0.101. The third-order valence-electron chi connectivity index (χ3n) is 3.00. The first kappa shape index (κ1) is 14.5. The Bertz CT molecular complexity index is 609. The average molecular weight is 290 g/mol. The Balaban J connectivity index is 2.37. The maximum absolute atomic E-state index is 12.7. The molecule has 0 aliphatic heterocycles. The van der Waals surface area contributed by atoms with Gasteiger partial charge in [0.25, 0.3) is 5.91 Å². The van der Waals surface area contributed by atoms with E-state index in [0.717, 1.165) is 22.9 Å². The summed E-state index contributed by atoms with van der Waals surface area (Å²) in [7, 11) is 0. The van der Waals surface area contributed by atoms with Crippen LogP contribution in [-0.4, -0.2) is 22.0 Å². The molecule has 1 heterocycles. The van der Waals surface area contributed by atoms with Crippen LogP contribution in [0.25, 0.3) is 0 Å². The van der Waals surface area contributed by atoms with Gasteiger partial charge in [-0.15, -0.1) is 5.10 Å². The molecular weight excluding hydrogens is 272 g/mol. The van der Waals surface area contributed by atoms with E-state index in [1.165, 1.54) is 0 Å². The number of anilines is 2. The molecule has 1 aromatic carbocycles. The Morgan fingerprint density at radius 3 is 2.80 bits per heavy atom. The largest absolute Gasteiger partial charge is 0.399 e. The predicted octanol–water partition coefficient (Wildman–Crippen LogP) is 2.91.